The van der Waals surface area contributed by atoms with Gasteiger partial charge in [0.15, 0.2) is 0 Å². The molecule has 0 saturated heterocycles. The summed E-state index contributed by atoms with van der Waals surface area (Å²) in [4.78, 5) is 21.6. The Balaban J connectivity index is 3.01. The maximum absolute atomic E-state index is 10.8. The number of carbonyl (C=O) groups is 2. The van der Waals surface area contributed by atoms with Crippen molar-refractivity contribution in [3.8, 4) is 0 Å². The second-order valence-electron chi connectivity index (χ2n) is 3.98. The molecule has 1 rings (SSSR count). The summed E-state index contributed by atoms with van der Waals surface area (Å²) in [7, 11) is 0. The van der Waals surface area contributed by atoms with Gasteiger partial charge in [0.25, 0.3) is 0 Å². The molecule has 0 aliphatic heterocycles. The summed E-state index contributed by atoms with van der Waals surface area (Å²) >= 11 is 0. The van der Waals surface area contributed by atoms with Gasteiger partial charge in [-0.1, -0.05) is 29.8 Å². The third-order valence-corrected chi connectivity index (χ3v) is 2.62. The van der Waals surface area contributed by atoms with Crippen LogP contribution in [0, 0.1) is 6.92 Å². The molecule has 0 amide bonds. The number of hydrogen-bond acceptors (Lipinski definition) is 3. The fourth-order valence-electron chi connectivity index (χ4n) is 1.63. The van der Waals surface area contributed by atoms with Gasteiger partial charge in [0.2, 0.25) is 0 Å². The number of rotatable bonds is 5. The normalized spacial score (nSPS) is 14.0. The summed E-state index contributed by atoms with van der Waals surface area (Å²) in [5.41, 5.74) is 7.17. The standard InChI is InChI=1S/C12H15NO4/c1-7-2-4-8(5-3-7)9(6-10(14)15)11(13)12(16)17/h2-5,9,11H,6,13H2,1H3,(H,14,15)(H,16,17). The van der Waals surface area contributed by atoms with Crippen LogP contribution in [0.25, 0.3) is 0 Å². The SMILES string of the molecule is Cc1ccc(C(CC(=O)O)C(N)C(=O)O)cc1. The molecule has 5 nitrogen and oxygen atoms in total. The van der Waals surface area contributed by atoms with Crippen molar-refractivity contribution in [3.05, 3.63) is 35.4 Å². The molecule has 92 valence electrons. The van der Waals surface area contributed by atoms with Crippen molar-refractivity contribution in [2.24, 2.45) is 5.73 Å². The van der Waals surface area contributed by atoms with Gasteiger partial charge < -0.3 is 15.9 Å². The Bertz CT molecular complexity index is 413. The van der Waals surface area contributed by atoms with Crippen molar-refractivity contribution in [1.82, 2.24) is 0 Å². The van der Waals surface area contributed by atoms with Crippen LogP contribution in [0.3, 0.4) is 0 Å². The van der Waals surface area contributed by atoms with E-state index in [0.717, 1.165) is 5.56 Å². The molecule has 4 N–H and O–H groups in total. The van der Waals surface area contributed by atoms with E-state index in [-0.39, 0.29) is 6.42 Å². The van der Waals surface area contributed by atoms with Crippen LogP contribution in [0.15, 0.2) is 24.3 Å². The zero-order valence-corrected chi connectivity index (χ0v) is 9.46. The van der Waals surface area contributed by atoms with Crippen molar-refractivity contribution in [2.75, 3.05) is 0 Å². The quantitative estimate of drug-likeness (QED) is 0.708. The van der Waals surface area contributed by atoms with Crippen LogP contribution < -0.4 is 5.73 Å². The van der Waals surface area contributed by atoms with E-state index in [1.54, 1.807) is 24.3 Å². The highest BCUT2D eigenvalue weighted by Crippen LogP contribution is 2.23. The van der Waals surface area contributed by atoms with Gasteiger partial charge in [0, 0.05) is 5.92 Å². The van der Waals surface area contributed by atoms with Gasteiger partial charge in [-0.05, 0) is 12.5 Å². The predicted octanol–water partition coefficient (Wildman–Crippen LogP) is 0.965. The average molecular weight is 237 g/mol. The van der Waals surface area contributed by atoms with Gasteiger partial charge in [-0.2, -0.15) is 0 Å². The minimum Gasteiger partial charge on any atom is -0.481 e. The molecule has 0 aliphatic rings. The molecule has 0 heterocycles. The molecular formula is C12H15NO4. The Morgan fingerprint density at radius 1 is 1.24 bits per heavy atom. The van der Waals surface area contributed by atoms with E-state index < -0.39 is 23.9 Å². The third-order valence-electron chi connectivity index (χ3n) is 2.62. The number of benzene rings is 1. The largest absolute Gasteiger partial charge is 0.481 e. The predicted molar refractivity (Wildman–Crippen MR) is 61.8 cm³/mol. The van der Waals surface area contributed by atoms with Gasteiger partial charge in [-0.15, -0.1) is 0 Å². The van der Waals surface area contributed by atoms with Crippen molar-refractivity contribution >= 4 is 11.9 Å². The van der Waals surface area contributed by atoms with Crippen LogP contribution in [0.2, 0.25) is 0 Å². The first kappa shape index (κ1) is 13.2. The first-order valence-corrected chi connectivity index (χ1v) is 5.18. The zero-order valence-electron chi connectivity index (χ0n) is 9.46. The molecule has 0 saturated carbocycles. The van der Waals surface area contributed by atoms with Crippen molar-refractivity contribution in [2.45, 2.75) is 25.3 Å². The van der Waals surface area contributed by atoms with Gasteiger partial charge >= 0.3 is 11.9 Å². The van der Waals surface area contributed by atoms with Crippen LogP contribution in [-0.2, 0) is 9.59 Å². The Hall–Kier alpha value is -1.88. The van der Waals surface area contributed by atoms with Crippen molar-refractivity contribution in [3.63, 3.8) is 0 Å². The number of aliphatic carboxylic acids is 2. The summed E-state index contributed by atoms with van der Waals surface area (Å²) in [5, 5.41) is 17.6. The highest BCUT2D eigenvalue weighted by Gasteiger charge is 2.27. The highest BCUT2D eigenvalue weighted by atomic mass is 16.4. The summed E-state index contributed by atoms with van der Waals surface area (Å²) in [6.45, 7) is 1.90. The topological polar surface area (TPSA) is 101 Å². The molecule has 0 radical (unpaired) electrons. The minimum absolute atomic E-state index is 0.295. The Morgan fingerprint density at radius 2 is 1.76 bits per heavy atom. The van der Waals surface area contributed by atoms with E-state index in [2.05, 4.69) is 0 Å². The highest BCUT2D eigenvalue weighted by molar-refractivity contribution is 5.77. The average Bonchev–Trinajstić information content (AvgIpc) is 2.26. The van der Waals surface area contributed by atoms with E-state index in [1.165, 1.54) is 0 Å². The lowest BCUT2D eigenvalue weighted by Crippen LogP contribution is -2.37. The number of aryl methyl sites for hydroxylation is 1. The monoisotopic (exact) mass is 237 g/mol. The minimum atomic E-state index is -1.21. The summed E-state index contributed by atoms with van der Waals surface area (Å²) in [5.74, 6) is -2.98. The Labute approximate surface area is 98.9 Å². The summed E-state index contributed by atoms with van der Waals surface area (Å²) < 4.78 is 0. The Kier molecular flexibility index (Phi) is 4.23. The van der Waals surface area contributed by atoms with Gasteiger partial charge in [0.1, 0.15) is 6.04 Å². The molecule has 1 aromatic rings. The van der Waals surface area contributed by atoms with Crippen LogP contribution >= 0.6 is 0 Å². The van der Waals surface area contributed by atoms with Crippen LogP contribution in [0.1, 0.15) is 23.5 Å². The lowest BCUT2D eigenvalue weighted by Gasteiger charge is -2.19. The van der Waals surface area contributed by atoms with Crippen LogP contribution in [0.4, 0.5) is 0 Å². The van der Waals surface area contributed by atoms with Crippen LogP contribution in [0.5, 0.6) is 0 Å². The number of nitrogens with two attached hydrogens (primary N) is 1. The Morgan fingerprint density at radius 3 is 2.18 bits per heavy atom. The van der Waals surface area contributed by atoms with Gasteiger partial charge in [-0.25, -0.2) is 0 Å². The molecule has 1 aromatic carbocycles. The maximum Gasteiger partial charge on any atom is 0.321 e. The van der Waals surface area contributed by atoms with E-state index in [4.69, 9.17) is 15.9 Å². The second kappa shape index (κ2) is 5.45. The van der Waals surface area contributed by atoms with Gasteiger partial charge in [-0.3, -0.25) is 9.59 Å². The molecule has 5 heteroatoms. The molecule has 17 heavy (non-hydrogen) atoms. The second-order valence-corrected chi connectivity index (χ2v) is 3.98. The molecule has 2 unspecified atom stereocenters. The summed E-state index contributed by atoms with van der Waals surface area (Å²) in [6.07, 6.45) is -0.295. The third kappa shape index (κ3) is 3.57. The molecule has 0 bridgehead atoms. The first-order chi connectivity index (χ1) is 7.91. The van der Waals surface area contributed by atoms with Crippen molar-refractivity contribution in [1.29, 1.82) is 0 Å². The molecule has 0 aromatic heterocycles. The lowest BCUT2D eigenvalue weighted by atomic mass is 9.88. The van der Waals surface area contributed by atoms with E-state index in [1.807, 2.05) is 6.92 Å². The molecule has 0 spiro atoms. The zero-order chi connectivity index (χ0) is 13.0. The smallest absolute Gasteiger partial charge is 0.321 e. The number of carboxylic acids is 2. The number of carboxylic acid groups (broad SMARTS) is 2. The fraction of sp³-hybridized carbons (Fsp3) is 0.333. The van der Waals surface area contributed by atoms with E-state index in [9.17, 15) is 9.59 Å². The molecule has 0 aliphatic carbocycles. The summed E-state index contributed by atoms with van der Waals surface area (Å²) in [6, 6.07) is 5.82. The van der Waals surface area contributed by atoms with E-state index in [0.29, 0.717) is 5.56 Å². The van der Waals surface area contributed by atoms with E-state index >= 15 is 0 Å². The fourth-order valence-corrected chi connectivity index (χ4v) is 1.63. The van der Waals surface area contributed by atoms with Crippen LogP contribution in [-0.4, -0.2) is 28.2 Å². The maximum atomic E-state index is 10.8. The number of hydrogen-bond donors (Lipinski definition) is 3. The van der Waals surface area contributed by atoms with Crippen molar-refractivity contribution < 1.29 is 19.8 Å². The lowest BCUT2D eigenvalue weighted by molar-refractivity contribution is -0.140. The molecule has 0 fully saturated rings. The molecule has 2 atom stereocenters. The molecular weight excluding hydrogens is 222 g/mol. The van der Waals surface area contributed by atoms with Gasteiger partial charge in [0.05, 0.1) is 6.42 Å². The first-order valence-electron chi connectivity index (χ1n) is 5.18.